The third-order valence-electron chi connectivity index (χ3n) is 5.51. The second-order valence-electron chi connectivity index (χ2n) is 7.99. The van der Waals surface area contributed by atoms with E-state index in [1.54, 1.807) is 11.3 Å². The average Bonchev–Trinajstić information content (AvgIpc) is 3.20. The van der Waals surface area contributed by atoms with Crippen molar-refractivity contribution < 1.29 is 4.79 Å². The Morgan fingerprint density at radius 1 is 0.967 bits per heavy atom. The molecular formula is C24H27N3OS2. The number of nitrogens with one attached hydrogen (secondary N) is 1. The second-order valence-corrected chi connectivity index (χ2v) is 10.3. The summed E-state index contributed by atoms with van der Waals surface area (Å²) in [4.78, 5) is 13.4. The van der Waals surface area contributed by atoms with E-state index in [4.69, 9.17) is 0 Å². The molecule has 0 spiro atoms. The van der Waals surface area contributed by atoms with E-state index >= 15 is 0 Å². The Morgan fingerprint density at radius 2 is 1.60 bits per heavy atom. The molecule has 0 bridgehead atoms. The van der Waals surface area contributed by atoms with E-state index in [9.17, 15) is 4.79 Å². The van der Waals surface area contributed by atoms with Crippen molar-refractivity contribution >= 4 is 34.0 Å². The molecule has 30 heavy (non-hydrogen) atoms. The Morgan fingerprint density at radius 3 is 2.27 bits per heavy atom. The summed E-state index contributed by atoms with van der Waals surface area (Å²) in [7, 11) is 0. The van der Waals surface area contributed by atoms with Gasteiger partial charge in [0.05, 0.1) is 5.25 Å². The predicted molar refractivity (Wildman–Crippen MR) is 126 cm³/mol. The van der Waals surface area contributed by atoms with Crippen molar-refractivity contribution in [3.05, 3.63) is 70.8 Å². The molecule has 4 nitrogen and oxygen atoms in total. The highest BCUT2D eigenvalue weighted by molar-refractivity contribution is 8.02. The molecule has 1 saturated carbocycles. The molecule has 0 aliphatic heterocycles. The van der Waals surface area contributed by atoms with Crippen molar-refractivity contribution in [2.75, 3.05) is 5.32 Å². The molecule has 1 atom stereocenters. The van der Waals surface area contributed by atoms with Crippen LogP contribution in [-0.4, -0.2) is 22.0 Å². The van der Waals surface area contributed by atoms with Gasteiger partial charge in [-0.25, -0.2) is 0 Å². The average molecular weight is 438 g/mol. The normalized spacial score (nSPS) is 15.7. The smallest absolute Gasteiger partial charge is 0.206 e. The number of aromatic nitrogens is 2. The summed E-state index contributed by atoms with van der Waals surface area (Å²) in [6.45, 7) is 4.09. The maximum Gasteiger partial charge on any atom is 0.206 e. The van der Waals surface area contributed by atoms with E-state index in [1.165, 1.54) is 49.4 Å². The van der Waals surface area contributed by atoms with Gasteiger partial charge in [-0.15, -0.1) is 10.2 Å². The molecule has 4 rings (SSSR count). The van der Waals surface area contributed by atoms with Crippen LogP contribution in [-0.2, 0) is 0 Å². The van der Waals surface area contributed by atoms with Gasteiger partial charge in [0.15, 0.2) is 10.1 Å². The zero-order valence-corrected chi connectivity index (χ0v) is 19.1. The quantitative estimate of drug-likeness (QED) is 0.333. The first-order chi connectivity index (χ1) is 14.6. The molecule has 1 aliphatic carbocycles. The van der Waals surface area contributed by atoms with Gasteiger partial charge in [-0.1, -0.05) is 102 Å². The standard InChI is InChI=1S/C24H27N3OS2/c1-16-8-12-18(13-9-16)21(28)22(19-14-10-17(2)11-15-19)29-24-27-26-23(30-24)25-20-6-4-3-5-7-20/h8-15,20,22H,3-7H2,1-2H3,(H,25,26)/t22-/m1/s1. The van der Waals surface area contributed by atoms with Gasteiger partial charge in [-0.3, -0.25) is 4.79 Å². The number of aryl methyl sites for hydroxylation is 2. The number of benzene rings is 2. The molecule has 1 heterocycles. The topological polar surface area (TPSA) is 54.9 Å². The van der Waals surface area contributed by atoms with E-state index < -0.39 is 0 Å². The van der Waals surface area contributed by atoms with E-state index in [-0.39, 0.29) is 11.0 Å². The minimum Gasteiger partial charge on any atom is -0.357 e. The monoisotopic (exact) mass is 437 g/mol. The van der Waals surface area contributed by atoms with Crippen LogP contribution in [0.25, 0.3) is 0 Å². The Balaban J connectivity index is 1.54. The number of hydrogen-bond acceptors (Lipinski definition) is 6. The van der Waals surface area contributed by atoms with Crippen LogP contribution in [0.5, 0.6) is 0 Å². The molecule has 0 unspecified atom stereocenters. The summed E-state index contributed by atoms with van der Waals surface area (Å²) in [5.74, 6) is 0.0980. The van der Waals surface area contributed by atoms with Crippen LogP contribution in [0.1, 0.15) is 64.4 Å². The zero-order chi connectivity index (χ0) is 20.9. The van der Waals surface area contributed by atoms with Crippen molar-refractivity contribution in [2.45, 2.75) is 61.6 Å². The molecule has 6 heteroatoms. The number of thioether (sulfide) groups is 1. The Bertz CT molecular complexity index is 976. The number of carbonyl (C=O) groups excluding carboxylic acids is 1. The lowest BCUT2D eigenvalue weighted by Gasteiger charge is -2.21. The highest BCUT2D eigenvalue weighted by Gasteiger charge is 2.25. The molecule has 0 radical (unpaired) electrons. The van der Waals surface area contributed by atoms with Gasteiger partial charge < -0.3 is 5.32 Å². The third kappa shape index (κ3) is 5.29. The second kappa shape index (κ2) is 9.75. The van der Waals surface area contributed by atoms with Gasteiger partial charge in [0.1, 0.15) is 0 Å². The zero-order valence-electron chi connectivity index (χ0n) is 17.4. The van der Waals surface area contributed by atoms with Crippen LogP contribution in [0.2, 0.25) is 0 Å². The van der Waals surface area contributed by atoms with Gasteiger partial charge in [0.2, 0.25) is 5.13 Å². The lowest BCUT2D eigenvalue weighted by molar-refractivity contribution is 0.0989. The minimum absolute atomic E-state index is 0.0980. The maximum atomic E-state index is 13.4. The van der Waals surface area contributed by atoms with Crippen molar-refractivity contribution in [1.29, 1.82) is 0 Å². The third-order valence-corrected chi connectivity index (χ3v) is 7.71. The lowest BCUT2D eigenvalue weighted by atomic mass is 9.96. The lowest BCUT2D eigenvalue weighted by Crippen LogP contribution is -2.21. The molecule has 156 valence electrons. The highest BCUT2D eigenvalue weighted by Crippen LogP contribution is 2.40. The van der Waals surface area contributed by atoms with Crippen LogP contribution in [0.3, 0.4) is 0 Å². The van der Waals surface area contributed by atoms with Gasteiger partial charge in [-0.05, 0) is 32.3 Å². The number of nitrogens with zero attached hydrogens (tertiary/aromatic N) is 2. The van der Waals surface area contributed by atoms with E-state index in [0.29, 0.717) is 6.04 Å². The summed E-state index contributed by atoms with van der Waals surface area (Å²) in [5.41, 5.74) is 4.05. The summed E-state index contributed by atoms with van der Waals surface area (Å²) in [6, 6.07) is 16.5. The van der Waals surface area contributed by atoms with Crippen molar-refractivity contribution in [2.24, 2.45) is 0 Å². The van der Waals surface area contributed by atoms with Crippen LogP contribution >= 0.6 is 23.1 Å². The van der Waals surface area contributed by atoms with Gasteiger partial charge >= 0.3 is 0 Å². The molecule has 0 saturated heterocycles. The number of anilines is 1. The van der Waals surface area contributed by atoms with Crippen LogP contribution in [0.4, 0.5) is 5.13 Å². The molecule has 3 aromatic rings. The number of Topliss-reactive ketones (excluding diaryl/α,β-unsaturated/α-hetero) is 1. The summed E-state index contributed by atoms with van der Waals surface area (Å²) >= 11 is 3.04. The number of ketones is 1. The Hall–Kier alpha value is -2.18. The molecule has 1 fully saturated rings. The van der Waals surface area contributed by atoms with Crippen molar-refractivity contribution in [3.63, 3.8) is 0 Å². The SMILES string of the molecule is Cc1ccc(C(=O)[C@H](Sc2nnc(NC3CCCCC3)s2)c2ccc(C)cc2)cc1. The van der Waals surface area contributed by atoms with E-state index in [2.05, 4.69) is 34.6 Å². The van der Waals surface area contributed by atoms with E-state index in [0.717, 1.165) is 26.2 Å². The number of rotatable bonds is 7. The first-order valence-electron chi connectivity index (χ1n) is 10.5. The predicted octanol–water partition coefficient (Wildman–Crippen LogP) is 6.62. The fourth-order valence-corrected chi connectivity index (χ4v) is 5.82. The van der Waals surface area contributed by atoms with Gasteiger partial charge in [-0.2, -0.15) is 0 Å². The largest absolute Gasteiger partial charge is 0.357 e. The maximum absolute atomic E-state index is 13.4. The number of hydrogen-bond donors (Lipinski definition) is 1. The molecule has 0 amide bonds. The first kappa shape index (κ1) is 21.1. The fraction of sp³-hybridized carbons (Fsp3) is 0.375. The molecule has 1 aromatic heterocycles. The molecule has 1 aliphatic rings. The number of carbonyl (C=O) groups is 1. The van der Waals surface area contributed by atoms with Crippen LogP contribution in [0, 0.1) is 13.8 Å². The van der Waals surface area contributed by atoms with E-state index in [1.807, 2.05) is 43.3 Å². The first-order valence-corrected chi connectivity index (χ1v) is 12.2. The van der Waals surface area contributed by atoms with Gasteiger partial charge in [0.25, 0.3) is 0 Å². The van der Waals surface area contributed by atoms with Crippen molar-refractivity contribution in [1.82, 2.24) is 10.2 Å². The summed E-state index contributed by atoms with van der Waals surface area (Å²) in [6.07, 6.45) is 6.27. The Labute approximate surface area is 186 Å². The summed E-state index contributed by atoms with van der Waals surface area (Å²) < 4.78 is 0.819. The minimum atomic E-state index is -0.344. The van der Waals surface area contributed by atoms with Crippen LogP contribution in [0.15, 0.2) is 52.9 Å². The molecule has 1 N–H and O–H groups in total. The van der Waals surface area contributed by atoms with Gasteiger partial charge in [0, 0.05) is 11.6 Å². The van der Waals surface area contributed by atoms with Crippen LogP contribution < -0.4 is 5.32 Å². The Kier molecular flexibility index (Phi) is 6.85. The molecule has 2 aromatic carbocycles. The summed E-state index contributed by atoms with van der Waals surface area (Å²) in [5, 5.41) is 12.8. The molecular weight excluding hydrogens is 410 g/mol. The van der Waals surface area contributed by atoms with Crippen molar-refractivity contribution in [3.8, 4) is 0 Å². The highest BCUT2D eigenvalue weighted by atomic mass is 32.2. The fourth-order valence-electron chi connectivity index (χ4n) is 3.72.